The smallest absolute Gasteiger partial charge is 0.381 e. The summed E-state index contributed by atoms with van der Waals surface area (Å²) in [5.41, 5.74) is 2.21. The van der Waals surface area contributed by atoms with Crippen molar-refractivity contribution in [1.29, 1.82) is 0 Å². The highest BCUT2D eigenvalue weighted by Crippen LogP contribution is 2.40. The summed E-state index contributed by atoms with van der Waals surface area (Å²) < 4.78 is 42.0. The minimum atomic E-state index is -4.77. The zero-order valence-electron chi connectivity index (χ0n) is 17.5. The third-order valence-electron chi connectivity index (χ3n) is 5.98. The Kier molecular flexibility index (Phi) is 5.52. The number of rotatable bonds is 5. The molecule has 6 heteroatoms. The number of nitrogens with one attached hydrogen (secondary N) is 1. The average molecular weight is 426 g/mol. The maximum Gasteiger partial charge on any atom is 0.418 e. The van der Waals surface area contributed by atoms with Gasteiger partial charge in [-0.05, 0) is 73.6 Å². The first-order valence-corrected chi connectivity index (χ1v) is 10.3. The van der Waals surface area contributed by atoms with E-state index in [0.29, 0.717) is 17.6 Å². The van der Waals surface area contributed by atoms with Gasteiger partial charge < -0.3 is 10.4 Å². The first kappa shape index (κ1) is 21.4. The molecule has 0 radical (unpaired) electrons. The lowest BCUT2D eigenvalue weighted by Gasteiger charge is -2.35. The maximum atomic E-state index is 14.0. The van der Waals surface area contributed by atoms with Crippen molar-refractivity contribution in [3.05, 3.63) is 77.5 Å². The van der Waals surface area contributed by atoms with E-state index in [1.54, 1.807) is 12.1 Å². The van der Waals surface area contributed by atoms with Crippen LogP contribution in [0.15, 0.2) is 60.7 Å². The highest BCUT2D eigenvalue weighted by Gasteiger charge is 2.54. The molecule has 31 heavy (non-hydrogen) atoms. The first-order chi connectivity index (χ1) is 14.7. The van der Waals surface area contributed by atoms with E-state index in [0.717, 1.165) is 27.8 Å². The highest BCUT2D eigenvalue weighted by molar-refractivity contribution is 5.91. The Morgan fingerprint density at radius 1 is 1.03 bits per heavy atom. The molecule has 1 aliphatic rings. The number of fused-ring (bicyclic) bond motifs is 2. The summed E-state index contributed by atoms with van der Waals surface area (Å²) in [7, 11) is 0. The Hall–Kier alpha value is -2.86. The van der Waals surface area contributed by atoms with Gasteiger partial charge in [0.1, 0.15) is 0 Å². The molecular formula is C25H25F3N2O. The number of aryl methyl sites for hydroxylation is 1. The number of pyridine rings is 1. The number of aliphatic hydroxyl groups is 1. The third kappa shape index (κ3) is 4.30. The lowest BCUT2D eigenvalue weighted by molar-refractivity contribution is -0.259. The summed E-state index contributed by atoms with van der Waals surface area (Å²) in [6.07, 6.45) is -2.84. The second-order valence-corrected chi connectivity index (χ2v) is 8.38. The van der Waals surface area contributed by atoms with Crippen LogP contribution < -0.4 is 5.32 Å². The molecule has 162 valence electrons. The van der Waals surface area contributed by atoms with Gasteiger partial charge in [0.15, 0.2) is 5.60 Å². The molecule has 0 amide bonds. The average Bonchev–Trinajstić information content (AvgIpc) is 2.71. The quantitative estimate of drug-likeness (QED) is 0.533. The van der Waals surface area contributed by atoms with E-state index in [9.17, 15) is 18.3 Å². The van der Waals surface area contributed by atoms with Crippen LogP contribution in [0.2, 0.25) is 0 Å². The van der Waals surface area contributed by atoms with Crippen LogP contribution in [0.5, 0.6) is 0 Å². The lowest BCUT2D eigenvalue weighted by Crippen LogP contribution is -2.52. The second-order valence-electron chi connectivity index (χ2n) is 8.38. The summed E-state index contributed by atoms with van der Waals surface area (Å²) in [4.78, 5) is 4.42. The Labute approximate surface area is 179 Å². The summed E-state index contributed by atoms with van der Waals surface area (Å²) in [6, 6.07) is 16.6. The van der Waals surface area contributed by atoms with Crippen LogP contribution in [0, 0.1) is 12.8 Å². The Bertz CT molecular complexity index is 1140. The molecule has 0 spiro atoms. The maximum absolute atomic E-state index is 14.0. The van der Waals surface area contributed by atoms with Crippen molar-refractivity contribution < 1.29 is 18.3 Å². The minimum Gasteiger partial charge on any atom is -0.381 e. The summed E-state index contributed by atoms with van der Waals surface area (Å²) >= 11 is 0. The zero-order valence-corrected chi connectivity index (χ0v) is 17.5. The molecule has 2 unspecified atom stereocenters. The van der Waals surface area contributed by atoms with Crippen LogP contribution in [0.1, 0.15) is 30.2 Å². The van der Waals surface area contributed by atoms with E-state index < -0.39 is 30.7 Å². The molecule has 2 N–H and O–H groups in total. The fourth-order valence-electron chi connectivity index (χ4n) is 4.37. The van der Waals surface area contributed by atoms with E-state index in [1.165, 1.54) is 0 Å². The van der Waals surface area contributed by atoms with Gasteiger partial charge >= 0.3 is 6.18 Å². The normalized spacial score (nSPS) is 18.3. The molecule has 1 aliphatic carbocycles. The Morgan fingerprint density at radius 2 is 1.81 bits per heavy atom. The molecule has 2 atom stereocenters. The van der Waals surface area contributed by atoms with Gasteiger partial charge in [0.05, 0.1) is 12.1 Å². The van der Waals surface area contributed by atoms with E-state index in [-0.39, 0.29) is 0 Å². The summed E-state index contributed by atoms with van der Waals surface area (Å²) in [6.45, 7) is 3.13. The molecule has 0 fully saturated rings. The molecule has 0 saturated heterocycles. The molecule has 0 aliphatic heterocycles. The van der Waals surface area contributed by atoms with Gasteiger partial charge in [0.2, 0.25) is 0 Å². The van der Waals surface area contributed by atoms with E-state index in [2.05, 4.69) is 10.3 Å². The number of hydrogen-bond donors (Lipinski definition) is 2. The fraction of sp³-hybridized carbons (Fsp3) is 0.320. The van der Waals surface area contributed by atoms with Crippen LogP contribution in [-0.4, -0.2) is 28.4 Å². The van der Waals surface area contributed by atoms with Crippen molar-refractivity contribution in [1.82, 2.24) is 4.98 Å². The van der Waals surface area contributed by atoms with E-state index >= 15 is 0 Å². The van der Waals surface area contributed by atoms with Gasteiger partial charge in [-0.1, -0.05) is 36.4 Å². The van der Waals surface area contributed by atoms with Crippen LogP contribution in [0.4, 0.5) is 18.9 Å². The lowest BCUT2D eigenvalue weighted by atomic mass is 9.79. The topological polar surface area (TPSA) is 45.1 Å². The van der Waals surface area contributed by atoms with E-state index in [4.69, 9.17) is 0 Å². The predicted molar refractivity (Wildman–Crippen MR) is 118 cm³/mol. The van der Waals surface area contributed by atoms with Crippen molar-refractivity contribution in [2.24, 2.45) is 5.92 Å². The number of benzene rings is 2. The first-order valence-electron chi connectivity index (χ1n) is 10.3. The summed E-state index contributed by atoms with van der Waals surface area (Å²) in [5, 5.41) is 14.3. The largest absolute Gasteiger partial charge is 0.418 e. The SMILES string of the molecule is CC1=CC(CC(O)(CNc2cccc3nc(C)ccc23)C(F)(F)F)Cc2ccccc21. The highest BCUT2D eigenvalue weighted by atomic mass is 19.4. The third-order valence-corrected chi connectivity index (χ3v) is 5.98. The Balaban J connectivity index is 1.58. The van der Waals surface area contributed by atoms with Gasteiger partial charge in [-0.25, -0.2) is 0 Å². The molecule has 1 aromatic heterocycles. The van der Waals surface area contributed by atoms with Gasteiger partial charge in [-0.2, -0.15) is 13.2 Å². The van der Waals surface area contributed by atoms with Gasteiger partial charge in [0.25, 0.3) is 0 Å². The number of aromatic nitrogens is 1. The van der Waals surface area contributed by atoms with Crippen LogP contribution >= 0.6 is 0 Å². The number of halogens is 3. The number of allylic oxidation sites excluding steroid dienone is 2. The van der Waals surface area contributed by atoms with Crippen molar-refractivity contribution in [2.45, 2.75) is 38.5 Å². The zero-order chi connectivity index (χ0) is 22.2. The molecule has 4 rings (SSSR count). The minimum absolute atomic E-state index is 0.403. The monoisotopic (exact) mass is 426 g/mol. The second kappa shape index (κ2) is 8.00. The van der Waals surface area contributed by atoms with Crippen LogP contribution in [-0.2, 0) is 6.42 Å². The van der Waals surface area contributed by atoms with Crippen molar-refractivity contribution in [2.75, 3.05) is 11.9 Å². The molecule has 0 saturated carbocycles. The van der Waals surface area contributed by atoms with Gasteiger partial charge in [-0.3, -0.25) is 4.98 Å². The summed E-state index contributed by atoms with van der Waals surface area (Å²) in [5.74, 6) is -0.403. The van der Waals surface area contributed by atoms with Gasteiger partial charge in [-0.15, -0.1) is 0 Å². The molecule has 0 bridgehead atoms. The molecule has 1 heterocycles. The van der Waals surface area contributed by atoms with Crippen molar-refractivity contribution in [3.63, 3.8) is 0 Å². The molecule has 2 aromatic carbocycles. The number of nitrogens with zero attached hydrogens (tertiary/aromatic N) is 1. The van der Waals surface area contributed by atoms with Gasteiger partial charge in [0, 0.05) is 16.8 Å². The van der Waals surface area contributed by atoms with Crippen molar-refractivity contribution >= 4 is 22.2 Å². The van der Waals surface area contributed by atoms with Crippen molar-refractivity contribution in [3.8, 4) is 0 Å². The number of anilines is 1. The van der Waals surface area contributed by atoms with Crippen LogP contribution in [0.25, 0.3) is 16.5 Å². The van der Waals surface area contributed by atoms with E-state index in [1.807, 2.05) is 62.4 Å². The number of hydrogen-bond acceptors (Lipinski definition) is 3. The standard InChI is InChI=1S/C25H25F3N2O/c1-16-12-18(13-19-6-3-4-7-20(16)19)14-24(31,25(26,27)28)15-29-22-8-5-9-23-21(22)11-10-17(2)30-23/h3-12,18,29,31H,13-15H2,1-2H3. The molecular weight excluding hydrogens is 401 g/mol. The van der Waals surface area contributed by atoms with Crippen LogP contribution in [0.3, 0.4) is 0 Å². The Morgan fingerprint density at radius 3 is 2.58 bits per heavy atom. The molecule has 3 aromatic rings. The fourth-order valence-corrected chi connectivity index (χ4v) is 4.37. The number of alkyl halides is 3. The molecule has 3 nitrogen and oxygen atoms in total. The predicted octanol–water partition coefficient (Wildman–Crippen LogP) is 5.91.